The second kappa shape index (κ2) is 6.73. The van der Waals surface area contributed by atoms with E-state index in [0.29, 0.717) is 10.6 Å². The van der Waals surface area contributed by atoms with Gasteiger partial charge in [0.25, 0.3) is 5.91 Å². The van der Waals surface area contributed by atoms with Crippen LogP contribution in [0.4, 0.5) is 10.1 Å². The molecular weight excluding hydrogens is 313 g/mol. The largest absolute Gasteiger partial charge is 0.392 e. The van der Waals surface area contributed by atoms with Crippen molar-refractivity contribution in [2.75, 3.05) is 5.32 Å². The third-order valence-electron chi connectivity index (χ3n) is 3.31. The molecule has 23 heavy (non-hydrogen) atoms. The molecule has 1 aromatic heterocycles. The molecule has 116 valence electrons. The molecule has 0 saturated heterocycles. The number of carbonyl (C=O) groups excluding carboxylic acids is 1. The van der Waals surface area contributed by atoms with Crippen molar-refractivity contribution < 1.29 is 14.3 Å². The molecule has 5 heteroatoms. The summed E-state index contributed by atoms with van der Waals surface area (Å²) >= 11 is 1.35. The van der Waals surface area contributed by atoms with Crippen LogP contribution in [0.3, 0.4) is 0 Å². The fourth-order valence-electron chi connectivity index (χ4n) is 2.20. The highest BCUT2D eigenvalue weighted by molar-refractivity contribution is 7.17. The Hall–Kier alpha value is -2.50. The second-order valence-electron chi connectivity index (χ2n) is 4.99. The zero-order valence-corrected chi connectivity index (χ0v) is 12.9. The number of benzene rings is 2. The fraction of sp³-hybridized carbons (Fsp3) is 0.0556. The van der Waals surface area contributed by atoms with Gasteiger partial charge in [-0.2, -0.15) is 0 Å². The summed E-state index contributed by atoms with van der Waals surface area (Å²) in [6, 6.07) is 16.9. The zero-order valence-electron chi connectivity index (χ0n) is 12.1. The van der Waals surface area contributed by atoms with Crippen molar-refractivity contribution in [1.29, 1.82) is 0 Å². The highest BCUT2D eigenvalue weighted by Gasteiger charge is 2.11. The quantitative estimate of drug-likeness (QED) is 0.750. The molecule has 3 rings (SSSR count). The lowest BCUT2D eigenvalue weighted by Crippen LogP contribution is -2.09. The first-order valence-corrected chi connectivity index (χ1v) is 7.84. The number of aliphatic hydroxyl groups excluding tert-OH is 1. The highest BCUT2D eigenvalue weighted by atomic mass is 32.1. The normalized spacial score (nSPS) is 10.5. The van der Waals surface area contributed by atoms with Crippen LogP contribution in [0.15, 0.2) is 60.7 Å². The molecule has 1 amide bonds. The van der Waals surface area contributed by atoms with Crippen LogP contribution in [0.1, 0.15) is 15.2 Å². The number of carbonyl (C=O) groups is 1. The lowest BCUT2D eigenvalue weighted by molar-refractivity contribution is 0.103. The number of amides is 1. The van der Waals surface area contributed by atoms with E-state index in [0.717, 1.165) is 16.0 Å². The smallest absolute Gasteiger partial charge is 0.265 e. The monoisotopic (exact) mass is 327 g/mol. The summed E-state index contributed by atoms with van der Waals surface area (Å²) in [5, 5.41) is 11.9. The van der Waals surface area contributed by atoms with Crippen LogP contribution in [0.2, 0.25) is 0 Å². The molecule has 0 aliphatic heterocycles. The zero-order chi connectivity index (χ0) is 16.2. The molecule has 3 aromatic rings. The molecule has 0 radical (unpaired) electrons. The van der Waals surface area contributed by atoms with Gasteiger partial charge in [-0.3, -0.25) is 4.79 Å². The van der Waals surface area contributed by atoms with Crippen LogP contribution in [0, 0.1) is 5.82 Å². The van der Waals surface area contributed by atoms with E-state index in [-0.39, 0.29) is 12.5 Å². The minimum Gasteiger partial charge on any atom is -0.392 e. The number of halogens is 1. The summed E-state index contributed by atoms with van der Waals surface area (Å²) in [7, 11) is 0. The van der Waals surface area contributed by atoms with Crippen molar-refractivity contribution in [3.8, 4) is 10.4 Å². The summed E-state index contributed by atoms with van der Waals surface area (Å²) in [5.41, 5.74) is 2.19. The Balaban J connectivity index is 1.79. The van der Waals surface area contributed by atoms with Gasteiger partial charge in [-0.25, -0.2) is 4.39 Å². The Bertz CT molecular complexity index is 844. The number of thiophene rings is 1. The molecule has 0 spiro atoms. The molecule has 0 aliphatic carbocycles. The van der Waals surface area contributed by atoms with Gasteiger partial charge in [-0.05, 0) is 47.5 Å². The first-order chi connectivity index (χ1) is 11.2. The standard InChI is InChI=1S/C18H14FNO2S/c19-14-5-2-6-15(10-14)20-18(22)17-8-7-16(23-17)13-4-1-3-12(9-13)11-21/h1-10,21H,11H2,(H,20,22). The summed E-state index contributed by atoms with van der Waals surface area (Å²) in [4.78, 5) is 13.7. The summed E-state index contributed by atoms with van der Waals surface area (Å²) in [6.07, 6.45) is 0. The molecule has 0 bridgehead atoms. The second-order valence-corrected chi connectivity index (χ2v) is 6.07. The predicted molar refractivity (Wildman–Crippen MR) is 90.0 cm³/mol. The van der Waals surface area contributed by atoms with Gasteiger partial charge in [0.05, 0.1) is 11.5 Å². The van der Waals surface area contributed by atoms with Crippen molar-refractivity contribution in [1.82, 2.24) is 0 Å². The maximum atomic E-state index is 13.1. The maximum absolute atomic E-state index is 13.1. The molecule has 0 fully saturated rings. The Morgan fingerprint density at radius 3 is 2.70 bits per heavy atom. The lowest BCUT2D eigenvalue weighted by Gasteiger charge is -2.03. The van der Waals surface area contributed by atoms with Gasteiger partial charge in [0.15, 0.2) is 0 Å². The van der Waals surface area contributed by atoms with Crippen molar-refractivity contribution in [3.05, 3.63) is 76.9 Å². The van der Waals surface area contributed by atoms with Gasteiger partial charge in [0.2, 0.25) is 0 Å². The Labute approximate surface area is 137 Å². The number of anilines is 1. The third kappa shape index (κ3) is 3.64. The summed E-state index contributed by atoms with van der Waals surface area (Å²) < 4.78 is 13.1. The van der Waals surface area contributed by atoms with Crippen LogP contribution in [0.5, 0.6) is 0 Å². The van der Waals surface area contributed by atoms with E-state index in [1.54, 1.807) is 18.2 Å². The van der Waals surface area contributed by atoms with Gasteiger partial charge >= 0.3 is 0 Å². The molecule has 0 unspecified atom stereocenters. The van der Waals surface area contributed by atoms with Crippen LogP contribution < -0.4 is 5.32 Å². The van der Waals surface area contributed by atoms with E-state index in [4.69, 9.17) is 0 Å². The van der Waals surface area contributed by atoms with Crippen LogP contribution >= 0.6 is 11.3 Å². The Kier molecular flexibility index (Phi) is 4.50. The molecule has 2 aromatic carbocycles. The van der Waals surface area contributed by atoms with E-state index in [1.165, 1.54) is 23.5 Å². The average molecular weight is 327 g/mol. The van der Waals surface area contributed by atoms with E-state index < -0.39 is 5.82 Å². The van der Waals surface area contributed by atoms with E-state index in [1.807, 2.05) is 30.3 Å². The van der Waals surface area contributed by atoms with Crippen LogP contribution in [-0.4, -0.2) is 11.0 Å². The van der Waals surface area contributed by atoms with Gasteiger partial charge in [0.1, 0.15) is 5.82 Å². The Morgan fingerprint density at radius 2 is 1.91 bits per heavy atom. The summed E-state index contributed by atoms with van der Waals surface area (Å²) in [5.74, 6) is -0.666. The molecule has 2 N–H and O–H groups in total. The number of aliphatic hydroxyl groups is 1. The number of hydrogen-bond acceptors (Lipinski definition) is 3. The van der Waals surface area contributed by atoms with E-state index >= 15 is 0 Å². The van der Waals surface area contributed by atoms with E-state index in [2.05, 4.69) is 5.32 Å². The lowest BCUT2D eigenvalue weighted by atomic mass is 10.1. The highest BCUT2D eigenvalue weighted by Crippen LogP contribution is 2.29. The van der Waals surface area contributed by atoms with Crippen molar-refractivity contribution in [3.63, 3.8) is 0 Å². The maximum Gasteiger partial charge on any atom is 0.265 e. The van der Waals surface area contributed by atoms with Crippen LogP contribution in [0.25, 0.3) is 10.4 Å². The number of hydrogen-bond donors (Lipinski definition) is 2. The summed E-state index contributed by atoms with van der Waals surface area (Å²) in [6.45, 7) is -0.0217. The molecule has 0 atom stereocenters. The number of nitrogens with one attached hydrogen (secondary N) is 1. The van der Waals surface area contributed by atoms with Gasteiger partial charge in [-0.15, -0.1) is 11.3 Å². The third-order valence-corrected chi connectivity index (χ3v) is 4.44. The number of rotatable bonds is 4. The van der Waals surface area contributed by atoms with Crippen LogP contribution in [-0.2, 0) is 6.61 Å². The van der Waals surface area contributed by atoms with Gasteiger partial charge in [-0.1, -0.05) is 24.3 Å². The molecular formula is C18H14FNO2S. The van der Waals surface area contributed by atoms with Crippen molar-refractivity contribution in [2.45, 2.75) is 6.61 Å². The minimum absolute atomic E-state index is 0.0217. The Morgan fingerprint density at radius 1 is 1.09 bits per heavy atom. The van der Waals surface area contributed by atoms with Gasteiger partial charge < -0.3 is 10.4 Å². The van der Waals surface area contributed by atoms with Crippen molar-refractivity contribution >= 4 is 22.9 Å². The molecule has 0 saturated carbocycles. The fourth-order valence-corrected chi connectivity index (χ4v) is 3.09. The molecule has 3 nitrogen and oxygen atoms in total. The van der Waals surface area contributed by atoms with Crippen molar-refractivity contribution in [2.24, 2.45) is 0 Å². The SMILES string of the molecule is O=C(Nc1cccc(F)c1)c1ccc(-c2cccc(CO)c2)s1. The first-order valence-electron chi connectivity index (χ1n) is 7.02. The minimum atomic E-state index is -0.393. The molecule has 0 aliphatic rings. The molecule has 1 heterocycles. The van der Waals surface area contributed by atoms with Gasteiger partial charge in [0, 0.05) is 10.6 Å². The topological polar surface area (TPSA) is 49.3 Å². The predicted octanol–water partition coefficient (Wildman–Crippen LogP) is 4.30. The van der Waals surface area contributed by atoms with E-state index in [9.17, 15) is 14.3 Å². The average Bonchev–Trinajstić information content (AvgIpc) is 3.05. The first kappa shape index (κ1) is 15.4.